The molecule has 0 aliphatic rings. The van der Waals surface area contributed by atoms with Crippen molar-refractivity contribution in [2.45, 2.75) is 0 Å². The van der Waals surface area contributed by atoms with Gasteiger partial charge in [0.25, 0.3) is 5.69 Å². The second-order valence-electron chi connectivity index (χ2n) is 3.67. The van der Waals surface area contributed by atoms with Crippen LogP contribution < -0.4 is 10.5 Å². The highest BCUT2D eigenvalue weighted by Gasteiger charge is 2.18. The van der Waals surface area contributed by atoms with Gasteiger partial charge in [0.1, 0.15) is 11.6 Å². The number of rotatable bonds is 4. The highest BCUT2D eigenvalue weighted by Crippen LogP contribution is 2.30. The van der Waals surface area contributed by atoms with Crippen molar-refractivity contribution in [2.75, 3.05) is 5.73 Å². The Kier molecular flexibility index (Phi) is 3.42. The Morgan fingerprint density at radius 3 is 2.20 bits per heavy atom. The molecule has 2 rings (SSSR count). The van der Waals surface area contributed by atoms with E-state index in [0.29, 0.717) is 0 Å². The van der Waals surface area contributed by atoms with Gasteiger partial charge in [-0.25, -0.2) is 0 Å². The number of nitrogens with two attached hydrogens (primary N) is 1. The van der Waals surface area contributed by atoms with Gasteiger partial charge in [-0.1, -0.05) is 0 Å². The van der Waals surface area contributed by atoms with E-state index in [0.717, 1.165) is 0 Å². The zero-order valence-electron chi connectivity index (χ0n) is 9.92. The molecule has 0 radical (unpaired) electrons. The number of pyridine rings is 1. The van der Waals surface area contributed by atoms with Crippen LogP contribution in [0.25, 0.3) is 0 Å². The van der Waals surface area contributed by atoms with Crippen molar-refractivity contribution in [1.82, 2.24) is 4.98 Å². The van der Waals surface area contributed by atoms with Crippen LogP contribution in [0, 0.1) is 20.2 Å². The fourth-order valence-corrected chi connectivity index (χ4v) is 1.41. The molecule has 0 spiro atoms. The van der Waals surface area contributed by atoms with E-state index in [9.17, 15) is 20.2 Å². The number of benzene rings is 1. The van der Waals surface area contributed by atoms with Crippen LogP contribution in [0.5, 0.6) is 11.6 Å². The lowest BCUT2D eigenvalue weighted by Gasteiger charge is -2.05. The molecular formula is C11H8N4O5. The number of aromatic nitrogens is 1. The summed E-state index contributed by atoms with van der Waals surface area (Å²) in [5.74, 6) is -0.0341. The van der Waals surface area contributed by atoms with Crippen LogP contribution in [0.1, 0.15) is 0 Å². The van der Waals surface area contributed by atoms with E-state index in [1.54, 1.807) is 0 Å². The quantitative estimate of drug-likeness (QED) is 0.668. The molecule has 0 fully saturated rings. The number of hydrogen-bond donors (Lipinski definition) is 1. The predicted molar refractivity (Wildman–Crippen MR) is 68.5 cm³/mol. The lowest BCUT2D eigenvalue weighted by molar-refractivity contribution is -0.386. The Morgan fingerprint density at radius 1 is 1.00 bits per heavy atom. The third-order valence-electron chi connectivity index (χ3n) is 2.32. The molecule has 1 heterocycles. The van der Waals surface area contributed by atoms with Crippen molar-refractivity contribution in [1.29, 1.82) is 0 Å². The van der Waals surface area contributed by atoms with Crippen LogP contribution in [0.15, 0.2) is 36.4 Å². The molecule has 0 saturated heterocycles. The predicted octanol–water partition coefficient (Wildman–Crippen LogP) is 2.27. The number of anilines is 1. The van der Waals surface area contributed by atoms with Crippen molar-refractivity contribution < 1.29 is 14.6 Å². The van der Waals surface area contributed by atoms with Gasteiger partial charge in [-0.15, -0.1) is 0 Å². The van der Waals surface area contributed by atoms with E-state index < -0.39 is 9.85 Å². The summed E-state index contributed by atoms with van der Waals surface area (Å²) in [6.07, 6.45) is 0. The molecule has 1 aromatic heterocycles. The summed E-state index contributed by atoms with van der Waals surface area (Å²) in [5.41, 5.74) is 4.97. The van der Waals surface area contributed by atoms with E-state index in [2.05, 4.69) is 4.98 Å². The lowest BCUT2D eigenvalue weighted by Crippen LogP contribution is -1.99. The summed E-state index contributed by atoms with van der Waals surface area (Å²) in [6, 6.07) is 7.50. The molecule has 1 aromatic carbocycles. The smallest absolute Gasteiger partial charge is 0.331 e. The van der Waals surface area contributed by atoms with Crippen LogP contribution in [0.3, 0.4) is 0 Å². The second kappa shape index (κ2) is 5.18. The Balaban J connectivity index is 2.31. The van der Waals surface area contributed by atoms with E-state index >= 15 is 0 Å². The number of nitro benzene ring substituents is 1. The van der Waals surface area contributed by atoms with Crippen LogP contribution in [-0.4, -0.2) is 14.8 Å². The number of nitro groups is 2. The Hall–Kier alpha value is -3.23. The van der Waals surface area contributed by atoms with Gasteiger partial charge < -0.3 is 10.5 Å². The topological polar surface area (TPSA) is 134 Å². The normalized spacial score (nSPS) is 10.0. The number of nitrogens with zero attached hydrogens (tertiary/aromatic N) is 3. The van der Waals surface area contributed by atoms with Crippen LogP contribution in [0.4, 0.5) is 17.2 Å². The zero-order valence-corrected chi connectivity index (χ0v) is 9.92. The van der Waals surface area contributed by atoms with Gasteiger partial charge in [-0.3, -0.25) is 20.2 Å². The van der Waals surface area contributed by atoms with Crippen molar-refractivity contribution in [2.24, 2.45) is 0 Å². The van der Waals surface area contributed by atoms with Gasteiger partial charge in [0.05, 0.1) is 9.85 Å². The number of non-ortho nitro benzene ring substituents is 1. The largest absolute Gasteiger partial charge is 0.434 e. The number of nitrogen functional groups attached to an aromatic ring is 1. The molecule has 20 heavy (non-hydrogen) atoms. The first-order valence-electron chi connectivity index (χ1n) is 5.30. The molecule has 0 aliphatic heterocycles. The van der Waals surface area contributed by atoms with Gasteiger partial charge in [0.15, 0.2) is 0 Å². The van der Waals surface area contributed by atoms with Gasteiger partial charge in [0.2, 0.25) is 0 Å². The summed E-state index contributed by atoms with van der Waals surface area (Å²) in [4.78, 5) is 23.8. The first-order chi connectivity index (χ1) is 9.47. The molecule has 9 heteroatoms. The Morgan fingerprint density at radius 2 is 1.65 bits per heavy atom. The molecule has 0 aliphatic carbocycles. The number of ether oxygens (including phenoxy) is 1. The number of hydrogen-bond acceptors (Lipinski definition) is 7. The molecule has 0 atom stereocenters. The highest BCUT2D eigenvalue weighted by atomic mass is 16.6. The molecule has 102 valence electrons. The van der Waals surface area contributed by atoms with Crippen LogP contribution in [-0.2, 0) is 0 Å². The first-order valence-corrected chi connectivity index (χ1v) is 5.30. The third kappa shape index (κ3) is 2.77. The van der Waals surface area contributed by atoms with E-state index in [1.165, 1.54) is 36.4 Å². The fraction of sp³-hybridized carbons (Fsp3) is 0. The molecule has 2 N–H and O–H groups in total. The summed E-state index contributed by atoms with van der Waals surface area (Å²) in [6.45, 7) is 0. The molecule has 0 amide bonds. The minimum absolute atomic E-state index is 0.0625. The van der Waals surface area contributed by atoms with Gasteiger partial charge in [-0.05, 0) is 18.2 Å². The van der Waals surface area contributed by atoms with Gasteiger partial charge in [0, 0.05) is 18.2 Å². The summed E-state index contributed by atoms with van der Waals surface area (Å²) in [5, 5.41) is 21.3. The third-order valence-corrected chi connectivity index (χ3v) is 2.32. The molecule has 0 bridgehead atoms. The average molecular weight is 276 g/mol. The SMILES string of the molecule is Nc1ccc([N+](=O)[O-])c(Oc2ccc([N+](=O)[O-])cc2)n1. The minimum atomic E-state index is -0.660. The monoisotopic (exact) mass is 276 g/mol. The van der Waals surface area contributed by atoms with Crippen LogP contribution >= 0.6 is 0 Å². The zero-order chi connectivity index (χ0) is 14.7. The van der Waals surface area contributed by atoms with Gasteiger partial charge in [-0.2, -0.15) is 4.98 Å². The standard InChI is InChI=1S/C11H8N4O5/c12-10-6-5-9(15(18)19)11(13-10)20-8-3-1-7(2-4-8)14(16)17/h1-6H,(H2,12,13). The van der Waals surface area contributed by atoms with Crippen molar-refractivity contribution >= 4 is 17.2 Å². The van der Waals surface area contributed by atoms with Gasteiger partial charge >= 0.3 is 11.6 Å². The first kappa shape index (κ1) is 13.2. The minimum Gasteiger partial charge on any atom is -0.434 e. The maximum absolute atomic E-state index is 10.8. The van der Waals surface area contributed by atoms with Crippen LogP contribution in [0.2, 0.25) is 0 Å². The summed E-state index contributed by atoms with van der Waals surface area (Å²) in [7, 11) is 0. The summed E-state index contributed by atoms with van der Waals surface area (Å²) >= 11 is 0. The second-order valence-corrected chi connectivity index (χ2v) is 3.67. The van der Waals surface area contributed by atoms with E-state index in [1.807, 2.05) is 0 Å². The van der Waals surface area contributed by atoms with Crippen molar-refractivity contribution in [3.63, 3.8) is 0 Å². The van der Waals surface area contributed by atoms with E-state index in [4.69, 9.17) is 10.5 Å². The van der Waals surface area contributed by atoms with E-state index in [-0.39, 0.29) is 28.8 Å². The maximum atomic E-state index is 10.8. The molecule has 0 unspecified atom stereocenters. The Labute approximate surface area is 111 Å². The highest BCUT2D eigenvalue weighted by molar-refractivity contribution is 5.49. The van der Waals surface area contributed by atoms with Crippen molar-refractivity contribution in [3.05, 3.63) is 56.6 Å². The molecule has 0 saturated carbocycles. The summed E-state index contributed by atoms with van der Waals surface area (Å²) < 4.78 is 5.23. The fourth-order valence-electron chi connectivity index (χ4n) is 1.41. The van der Waals surface area contributed by atoms with Crippen molar-refractivity contribution in [3.8, 4) is 11.6 Å². The molecular weight excluding hydrogens is 268 g/mol. The molecule has 2 aromatic rings. The molecule has 9 nitrogen and oxygen atoms in total. The lowest BCUT2D eigenvalue weighted by atomic mass is 10.3. The average Bonchev–Trinajstić information content (AvgIpc) is 2.39. The Bertz CT molecular complexity index is 671. The maximum Gasteiger partial charge on any atom is 0.331 e.